The lowest BCUT2D eigenvalue weighted by Gasteiger charge is -2.16. The SMILES string of the molecule is c1ccc(-c2cc(-c3ccc(-c4ccccc4-c4ccccc4-c4ccc(-n5c6ccccc6c6ccccc65)cc4)cc3)[nH]n2)cc1. The smallest absolute Gasteiger partial charge is 0.0927 e. The molecule has 0 saturated heterocycles. The maximum absolute atomic E-state index is 4.56. The van der Waals surface area contributed by atoms with Crippen LogP contribution in [-0.2, 0) is 0 Å². The Balaban J connectivity index is 1.06. The lowest BCUT2D eigenvalue weighted by molar-refractivity contribution is 1.10. The van der Waals surface area contributed by atoms with Crippen molar-refractivity contribution >= 4 is 21.8 Å². The van der Waals surface area contributed by atoms with E-state index in [1.54, 1.807) is 0 Å². The molecular weight excluding hydrogens is 583 g/mol. The fraction of sp³-hybridized carbons (Fsp3) is 0. The van der Waals surface area contributed by atoms with Crippen molar-refractivity contribution in [3.05, 3.63) is 182 Å². The van der Waals surface area contributed by atoms with Crippen molar-refractivity contribution in [2.45, 2.75) is 0 Å². The van der Waals surface area contributed by atoms with Crippen molar-refractivity contribution in [3.63, 3.8) is 0 Å². The zero-order valence-corrected chi connectivity index (χ0v) is 26.2. The van der Waals surface area contributed by atoms with E-state index in [0.29, 0.717) is 0 Å². The van der Waals surface area contributed by atoms with Crippen LogP contribution in [0.3, 0.4) is 0 Å². The van der Waals surface area contributed by atoms with Crippen molar-refractivity contribution in [3.8, 4) is 61.6 Å². The van der Waals surface area contributed by atoms with Gasteiger partial charge >= 0.3 is 0 Å². The van der Waals surface area contributed by atoms with Crippen molar-refractivity contribution in [2.24, 2.45) is 0 Å². The molecule has 2 heterocycles. The van der Waals surface area contributed by atoms with Crippen LogP contribution in [0.1, 0.15) is 0 Å². The molecule has 0 aliphatic rings. The first-order valence-corrected chi connectivity index (χ1v) is 16.3. The number of fused-ring (bicyclic) bond motifs is 3. The fourth-order valence-electron chi connectivity index (χ4n) is 6.99. The molecule has 3 heteroatoms. The van der Waals surface area contributed by atoms with Gasteiger partial charge in [-0.3, -0.25) is 5.10 Å². The van der Waals surface area contributed by atoms with Crippen LogP contribution >= 0.6 is 0 Å². The van der Waals surface area contributed by atoms with Gasteiger partial charge in [-0.15, -0.1) is 0 Å². The van der Waals surface area contributed by atoms with Crippen molar-refractivity contribution in [2.75, 3.05) is 0 Å². The number of benzene rings is 7. The Morgan fingerprint density at radius 1 is 0.375 bits per heavy atom. The molecule has 0 saturated carbocycles. The summed E-state index contributed by atoms with van der Waals surface area (Å²) >= 11 is 0. The van der Waals surface area contributed by atoms with E-state index in [0.717, 1.165) is 28.2 Å². The van der Waals surface area contributed by atoms with E-state index >= 15 is 0 Å². The maximum Gasteiger partial charge on any atom is 0.0927 e. The minimum Gasteiger partial charge on any atom is -0.309 e. The first kappa shape index (κ1) is 27.8. The van der Waals surface area contributed by atoms with Crippen LogP contribution in [0.4, 0.5) is 0 Å². The van der Waals surface area contributed by atoms with Gasteiger partial charge in [0.05, 0.1) is 22.4 Å². The normalized spacial score (nSPS) is 11.3. The maximum atomic E-state index is 4.56. The Morgan fingerprint density at radius 3 is 1.42 bits per heavy atom. The standard InChI is InChI=1S/C45H31N3/c1-2-12-33(13-3-1)42-30-43(47-46-42)34-24-22-31(23-25-34)36-14-4-6-16-38(36)39-17-7-5-15-37(39)32-26-28-35(29-27-32)48-44-20-10-8-18-40(44)41-19-9-11-21-45(41)48/h1-30H,(H,46,47). The van der Waals surface area contributed by atoms with Crippen molar-refractivity contribution in [1.29, 1.82) is 0 Å². The molecule has 0 unspecified atom stereocenters. The Labute approximate surface area is 279 Å². The van der Waals surface area contributed by atoms with Crippen LogP contribution < -0.4 is 0 Å². The third-order valence-corrected chi connectivity index (χ3v) is 9.32. The highest BCUT2D eigenvalue weighted by Gasteiger charge is 2.15. The Morgan fingerprint density at radius 2 is 0.833 bits per heavy atom. The molecular formula is C45H31N3. The van der Waals surface area contributed by atoms with Gasteiger partial charge in [-0.1, -0.05) is 152 Å². The summed E-state index contributed by atoms with van der Waals surface area (Å²) in [6.45, 7) is 0. The molecule has 9 aromatic rings. The second kappa shape index (κ2) is 11.7. The molecule has 0 radical (unpaired) electrons. The molecule has 0 bridgehead atoms. The van der Waals surface area contributed by atoms with Crippen molar-refractivity contribution < 1.29 is 0 Å². The Hall–Kier alpha value is -6.45. The third-order valence-electron chi connectivity index (χ3n) is 9.32. The van der Waals surface area contributed by atoms with Gasteiger partial charge in [0.2, 0.25) is 0 Å². The molecule has 0 atom stereocenters. The van der Waals surface area contributed by atoms with E-state index in [2.05, 4.69) is 179 Å². The topological polar surface area (TPSA) is 33.6 Å². The second-order valence-electron chi connectivity index (χ2n) is 12.1. The number of nitrogens with one attached hydrogen (secondary N) is 1. The lowest BCUT2D eigenvalue weighted by Crippen LogP contribution is -1.94. The molecule has 0 amide bonds. The predicted molar refractivity (Wildman–Crippen MR) is 200 cm³/mol. The van der Waals surface area contributed by atoms with Crippen LogP contribution in [0.2, 0.25) is 0 Å². The van der Waals surface area contributed by atoms with Gasteiger partial charge in [0, 0.05) is 22.0 Å². The average Bonchev–Trinajstić information content (AvgIpc) is 3.80. The number of hydrogen-bond donors (Lipinski definition) is 1. The summed E-state index contributed by atoms with van der Waals surface area (Å²) in [7, 11) is 0. The zero-order chi connectivity index (χ0) is 31.9. The van der Waals surface area contributed by atoms with E-state index in [9.17, 15) is 0 Å². The van der Waals surface area contributed by atoms with Crippen LogP contribution in [0, 0.1) is 0 Å². The van der Waals surface area contributed by atoms with Crippen LogP contribution in [0.5, 0.6) is 0 Å². The minimum absolute atomic E-state index is 0.944. The number of aromatic nitrogens is 3. The molecule has 9 rings (SSSR count). The van der Waals surface area contributed by atoms with Gasteiger partial charge in [0.15, 0.2) is 0 Å². The number of hydrogen-bond acceptors (Lipinski definition) is 1. The highest BCUT2D eigenvalue weighted by atomic mass is 15.1. The first-order valence-electron chi connectivity index (χ1n) is 16.3. The summed E-state index contributed by atoms with van der Waals surface area (Å²) in [5, 5.41) is 10.3. The summed E-state index contributed by atoms with van der Waals surface area (Å²) < 4.78 is 2.37. The molecule has 2 aromatic heterocycles. The highest BCUT2D eigenvalue weighted by Crippen LogP contribution is 2.39. The molecule has 1 N–H and O–H groups in total. The van der Waals surface area contributed by atoms with E-state index in [4.69, 9.17) is 0 Å². The lowest BCUT2D eigenvalue weighted by atomic mass is 9.89. The molecule has 0 spiro atoms. The number of nitrogens with zero attached hydrogens (tertiary/aromatic N) is 2. The number of rotatable bonds is 6. The third kappa shape index (κ3) is 4.81. The first-order chi connectivity index (χ1) is 23.8. The largest absolute Gasteiger partial charge is 0.309 e. The molecule has 226 valence electrons. The Kier molecular flexibility index (Phi) is 6.80. The quantitative estimate of drug-likeness (QED) is 0.199. The summed E-state index contributed by atoms with van der Waals surface area (Å²) in [5.74, 6) is 0. The fourth-order valence-corrected chi connectivity index (χ4v) is 6.99. The summed E-state index contributed by atoms with van der Waals surface area (Å²) in [5.41, 5.74) is 14.9. The minimum atomic E-state index is 0.944. The molecule has 0 aliphatic carbocycles. The summed E-state index contributed by atoms with van der Waals surface area (Å²) in [6.07, 6.45) is 0. The van der Waals surface area contributed by atoms with Crippen LogP contribution in [0.15, 0.2) is 182 Å². The van der Waals surface area contributed by atoms with Crippen LogP contribution in [-0.4, -0.2) is 14.8 Å². The van der Waals surface area contributed by atoms with E-state index < -0.39 is 0 Å². The molecule has 0 aliphatic heterocycles. The zero-order valence-electron chi connectivity index (χ0n) is 26.2. The summed E-state index contributed by atoms with van der Waals surface area (Å²) in [4.78, 5) is 0. The summed E-state index contributed by atoms with van der Waals surface area (Å²) in [6, 6.07) is 64.9. The molecule has 3 nitrogen and oxygen atoms in total. The number of para-hydroxylation sites is 2. The monoisotopic (exact) mass is 613 g/mol. The predicted octanol–water partition coefficient (Wildman–Crippen LogP) is 11.8. The Bertz CT molecular complexity index is 2480. The van der Waals surface area contributed by atoms with Gasteiger partial charge in [0.1, 0.15) is 0 Å². The molecule has 48 heavy (non-hydrogen) atoms. The second-order valence-corrected chi connectivity index (χ2v) is 12.1. The van der Waals surface area contributed by atoms with Gasteiger partial charge in [-0.25, -0.2) is 0 Å². The van der Waals surface area contributed by atoms with Gasteiger partial charge in [-0.2, -0.15) is 5.10 Å². The van der Waals surface area contributed by atoms with Crippen molar-refractivity contribution in [1.82, 2.24) is 14.8 Å². The highest BCUT2D eigenvalue weighted by molar-refractivity contribution is 6.09. The molecule has 7 aromatic carbocycles. The van der Waals surface area contributed by atoms with E-state index in [1.807, 2.05) is 18.2 Å². The number of H-pyrrole nitrogens is 1. The number of aromatic amines is 1. The van der Waals surface area contributed by atoms with Gasteiger partial charge in [-0.05, 0) is 69.3 Å². The van der Waals surface area contributed by atoms with E-state index in [1.165, 1.54) is 55.2 Å². The average molecular weight is 614 g/mol. The van der Waals surface area contributed by atoms with E-state index in [-0.39, 0.29) is 0 Å². The molecule has 0 fully saturated rings. The van der Waals surface area contributed by atoms with Gasteiger partial charge in [0.25, 0.3) is 0 Å². The van der Waals surface area contributed by atoms with Crippen LogP contribution in [0.25, 0.3) is 83.4 Å². The van der Waals surface area contributed by atoms with Gasteiger partial charge < -0.3 is 4.57 Å².